The first-order valence-electron chi connectivity index (χ1n) is 5.47. The van der Waals surface area contributed by atoms with Crippen LogP contribution in [0.5, 0.6) is 0 Å². The predicted molar refractivity (Wildman–Crippen MR) is 68.3 cm³/mol. The number of thioether (sulfide) groups is 1. The van der Waals surface area contributed by atoms with Crippen LogP contribution in [0.25, 0.3) is 0 Å². The summed E-state index contributed by atoms with van der Waals surface area (Å²) in [4.78, 5) is 4.57. The summed E-state index contributed by atoms with van der Waals surface area (Å²) in [5, 5.41) is 1.14. The van der Waals surface area contributed by atoms with E-state index in [-0.39, 0.29) is 22.5 Å². The molecule has 3 heteroatoms. The Morgan fingerprint density at radius 1 is 1.07 bits per heavy atom. The molecule has 0 aliphatic carbocycles. The van der Waals surface area contributed by atoms with Gasteiger partial charge in [0, 0.05) is 5.41 Å². The van der Waals surface area contributed by atoms with Gasteiger partial charge in [0.15, 0.2) is 6.23 Å². The molecule has 2 nitrogen and oxygen atoms in total. The zero-order valence-electron chi connectivity index (χ0n) is 10.9. The lowest BCUT2D eigenvalue weighted by Crippen LogP contribution is -2.39. The van der Waals surface area contributed by atoms with Crippen LogP contribution in [0.1, 0.15) is 48.5 Å². The van der Waals surface area contributed by atoms with Gasteiger partial charge in [-0.05, 0) is 12.3 Å². The molecule has 15 heavy (non-hydrogen) atoms. The summed E-state index contributed by atoms with van der Waals surface area (Å²) in [6, 6.07) is 0. The van der Waals surface area contributed by atoms with Crippen molar-refractivity contribution in [2.24, 2.45) is 15.8 Å². The number of nitrogens with zero attached hydrogens (tertiary/aromatic N) is 1. The van der Waals surface area contributed by atoms with Gasteiger partial charge in [-0.15, -0.1) is 0 Å². The van der Waals surface area contributed by atoms with E-state index in [1.165, 1.54) is 0 Å². The third kappa shape index (κ3) is 3.49. The van der Waals surface area contributed by atoms with Crippen molar-refractivity contribution in [2.75, 3.05) is 0 Å². The molecule has 2 atom stereocenters. The van der Waals surface area contributed by atoms with Gasteiger partial charge in [-0.1, -0.05) is 53.3 Å². The highest BCUT2D eigenvalue weighted by Crippen LogP contribution is 2.39. The van der Waals surface area contributed by atoms with E-state index in [2.05, 4.69) is 53.5 Å². The Balaban J connectivity index is 2.85. The number of hydrogen-bond donors (Lipinski definition) is 0. The molecule has 1 heterocycles. The minimum absolute atomic E-state index is 0.0111. The van der Waals surface area contributed by atoms with Crippen molar-refractivity contribution in [2.45, 2.75) is 60.1 Å². The third-order valence-corrected chi connectivity index (χ3v) is 3.76. The van der Waals surface area contributed by atoms with Crippen molar-refractivity contribution in [3.8, 4) is 0 Å². The van der Waals surface area contributed by atoms with Crippen LogP contribution in [0.2, 0.25) is 0 Å². The van der Waals surface area contributed by atoms with Gasteiger partial charge in [-0.2, -0.15) is 0 Å². The molecule has 0 saturated heterocycles. The minimum Gasteiger partial charge on any atom is -0.341 e. The number of ether oxygens (including phenoxy) is 1. The molecule has 0 radical (unpaired) electrons. The second-order valence-electron chi connectivity index (χ2n) is 6.32. The molecular formula is C12H23NOS. The van der Waals surface area contributed by atoms with Gasteiger partial charge in [0.05, 0.1) is 5.04 Å². The average molecular weight is 229 g/mol. The molecule has 0 aromatic heterocycles. The van der Waals surface area contributed by atoms with Crippen LogP contribution in [-0.2, 0) is 4.74 Å². The Morgan fingerprint density at radius 3 is 2.00 bits per heavy atom. The first-order chi connectivity index (χ1) is 6.60. The number of aliphatic imine (C=N–C) groups is 1. The van der Waals surface area contributed by atoms with E-state index in [1.807, 2.05) is 0 Å². The van der Waals surface area contributed by atoms with Crippen LogP contribution in [0.15, 0.2) is 4.99 Å². The second-order valence-corrected chi connectivity index (χ2v) is 7.57. The van der Waals surface area contributed by atoms with Crippen molar-refractivity contribution >= 4 is 16.8 Å². The average Bonchev–Trinajstić information content (AvgIpc) is 1.99. The minimum atomic E-state index is -0.0111. The summed E-state index contributed by atoms with van der Waals surface area (Å²) >= 11 is 1.74. The van der Waals surface area contributed by atoms with E-state index in [4.69, 9.17) is 4.74 Å². The zero-order valence-corrected chi connectivity index (χ0v) is 11.7. The van der Waals surface area contributed by atoms with Gasteiger partial charge in [0.2, 0.25) is 0 Å². The van der Waals surface area contributed by atoms with Gasteiger partial charge in [-0.3, -0.25) is 4.99 Å². The molecule has 0 saturated carbocycles. The highest BCUT2D eigenvalue weighted by molar-refractivity contribution is 8.14. The van der Waals surface area contributed by atoms with E-state index in [1.54, 1.807) is 11.8 Å². The van der Waals surface area contributed by atoms with E-state index < -0.39 is 0 Å². The van der Waals surface area contributed by atoms with Crippen molar-refractivity contribution in [3.63, 3.8) is 0 Å². The van der Waals surface area contributed by atoms with Crippen LogP contribution in [0.4, 0.5) is 0 Å². The van der Waals surface area contributed by atoms with E-state index >= 15 is 0 Å². The van der Waals surface area contributed by atoms with Crippen molar-refractivity contribution in [3.05, 3.63) is 0 Å². The van der Waals surface area contributed by atoms with Gasteiger partial charge < -0.3 is 4.74 Å². The summed E-state index contributed by atoms with van der Waals surface area (Å²) in [6.45, 7) is 15.2. The Labute approximate surface area is 97.9 Å². The molecule has 88 valence electrons. The summed E-state index contributed by atoms with van der Waals surface area (Å²) < 4.78 is 6.06. The zero-order chi connectivity index (χ0) is 11.9. The largest absolute Gasteiger partial charge is 0.341 e. The standard InChI is InChI=1S/C12H23NOS/c1-8-13-9(11(2,3)4)14-10(15-8)12(5,6)7/h9-10H,1-7H3. The van der Waals surface area contributed by atoms with E-state index in [0.29, 0.717) is 0 Å². The van der Waals surface area contributed by atoms with Crippen molar-refractivity contribution in [1.29, 1.82) is 0 Å². The van der Waals surface area contributed by atoms with Gasteiger partial charge >= 0.3 is 0 Å². The molecule has 2 unspecified atom stereocenters. The number of rotatable bonds is 0. The quantitative estimate of drug-likeness (QED) is 0.628. The molecule has 1 rings (SSSR count). The Kier molecular flexibility index (Phi) is 3.56. The number of hydrogen-bond acceptors (Lipinski definition) is 3. The lowest BCUT2D eigenvalue weighted by atomic mass is 9.93. The summed E-state index contributed by atoms with van der Waals surface area (Å²) in [7, 11) is 0. The topological polar surface area (TPSA) is 21.6 Å². The summed E-state index contributed by atoms with van der Waals surface area (Å²) in [6.07, 6.45) is -0.0111. The monoisotopic (exact) mass is 229 g/mol. The summed E-state index contributed by atoms with van der Waals surface area (Å²) in [5.74, 6) is 0. The highest BCUT2D eigenvalue weighted by Gasteiger charge is 2.37. The van der Waals surface area contributed by atoms with Gasteiger partial charge in [0.25, 0.3) is 0 Å². The maximum absolute atomic E-state index is 6.06. The van der Waals surface area contributed by atoms with Crippen LogP contribution in [0.3, 0.4) is 0 Å². The highest BCUT2D eigenvalue weighted by atomic mass is 32.2. The fourth-order valence-corrected chi connectivity index (χ4v) is 2.29. The normalized spacial score (nSPS) is 28.9. The fourth-order valence-electron chi connectivity index (χ4n) is 1.30. The van der Waals surface area contributed by atoms with Crippen LogP contribution >= 0.6 is 11.8 Å². The third-order valence-electron chi connectivity index (χ3n) is 2.28. The Morgan fingerprint density at radius 2 is 1.60 bits per heavy atom. The lowest BCUT2D eigenvalue weighted by Gasteiger charge is -2.39. The molecule has 0 bridgehead atoms. The fraction of sp³-hybridized carbons (Fsp3) is 0.917. The van der Waals surface area contributed by atoms with Gasteiger partial charge in [0.1, 0.15) is 5.44 Å². The first kappa shape index (κ1) is 13.0. The molecule has 0 spiro atoms. The first-order valence-corrected chi connectivity index (χ1v) is 6.35. The Bertz CT molecular complexity index is 260. The summed E-state index contributed by atoms with van der Waals surface area (Å²) in [5.41, 5.74) is 0.441. The SMILES string of the molecule is CC1=NC(C(C)(C)C)OC(C(C)(C)C)S1. The van der Waals surface area contributed by atoms with E-state index in [9.17, 15) is 0 Å². The predicted octanol–water partition coefficient (Wildman–Crippen LogP) is 3.91. The molecule has 1 aliphatic rings. The molecule has 0 amide bonds. The molecule has 1 aliphatic heterocycles. The molecule has 0 aromatic carbocycles. The van der Waals surface area contributed by atoms with Crippen LogP contribution in [-0.4, -0.2) is 16.7 Å². The van der Waals surface area contributed by atoms with Crippen LogP contribution < -0.4 is 0 Å². The van der Waals surface area contributed by atoms with Crippen molar-refractivity contribution in [1.82, 2.24) is 0 Å². The van der Waals surface area contributed by atoms with Gasteiger partial charge in [-0.25, -0.2) is 0 Å². The molecule has 0 fully saturated rings. The lowest BCUT2D eigenvalue weighted by molar-refractivity contribution is -0.0617. The van der Waals surface area contributed by atoms with E-state index in [0.717, 1.165) is 5.04 Å². The second kappa shape index (κ2) is 4.10. The van der Waals surface area contributed by atoms with Crippen molar-refractivity contribution < 1.29 is 4.74 Å². The smallest absolute Gasteiger partial charge is 0.155 e. The Hall–Kier alpha value is -0.0200. The molecular weight excluding hydrogens is 206 g/mol. The van der Waals surface area contributed by atoms with Crippen LogP contribution in [0, 0.1) is 10.8 Å². The maximum Gasteiger partial charge on any atom is 0.155 e. The molecule has 0 N–H and O–H groups in total. The molecule has 0 aromatic rings. The maximum atomic E-state index is 6.06.